The second-order valence-corrected chi connectivity index (χ2v) is 16.6. The van der Waals surface area contributed by atoms with Crippen molar-refractivity contribution in [2.45, 2.75) is 117 Å². The molecule has 1 saturated heterocycles. The number of amides is 4. The summed E-state index contributed by atoms with van der Waals surface area (Å²) in [7, 11) is 10.1. The Morgan fingerprint density at radius 3 is 2.10 bits per heavy atom. The molecule has 14 nitrogen and oxygen atoms in total. The predicted molar refractivity (Wildman–Crippen MR) is 241 cm³/mol. The lowest BCUT2D eigenvalue weighted by molar-refractivity contribution is -0.146. The number of hydrogen-bond donors (Lipinski definition) is 2. The van der Waals surface area contributed by atoms with Crippen LogP contribution in [0.5, 0.6) is 0 Å². The molecule has 0 aliphatic carbocycles. The molecule has 14 heteroatoms. The molecular formula is C47H74N6O8. The van der Waals surface area contributed by atoms with Gasteiger partial charge in [-0.2, -0.15) is 0 Å². The molecule has 1 aromatic carbocycles. The van der Waals surface area contributed by atoms with Gasteiger partial charge in [0.15, 0.2) is 0 Å². The van der Waals surface area contributed by atoms with E-state index >= 15 is 0 Å². The van der Waals surface area contributed by atoms with Gasteiger partial charge in [-0.05, 0) is 75.9 Å². The van der Waals surface area contributed by atoms with Crippen molar-refractivity contribution in [2.75, 3.05) is 55.5 Å². The van der Waals surface area contributed by atoms with E-state index in [9.17, 15) is 24.0 Å². The zero-order valence-corrected chi connectivity index (χ0v) is 39.0. The van der Waals surface area contributed by atoms with Crippen LogP contribution in [0.15, 0.2) is 66.2 Å². The van der Waals surface area contributed by atoms with Crippen LogP contribution in [-0.4, -0.2) is 148 Å². The predicted octanol–water partition coefficient (Wildman–Crippen LogP) is 5.08. The van der Waals surface area contributed by atoms with Crippen molar-refractivity contribution in [1.29, 1.82) is 0 Å². The lowest BCUT2D eigenvalue weighted by atomic mass is 9.90. The molecule has 340 valence electrons. The van der Waals surface area contributed by atoms with Crippen LogP contribution in [0.1, 0.15) is 90.1 Å². The van der Waals surface area contributed by atoms with Crippen LogP contribution in [0, 0.1) is 17.8 Å². The summed E-state index contributed by atoms with van der Waals surface area (Å²) in [5.41, 5.74) is 2.60. The average Bonchev–Trinajstić information content (AvgIpc) is 3.72. The molecule has 1 aliphatic rings. The third-order valence-corrected chi connectivity index (χ3v) is 12.0. The summed E-state index contributed by atoms with van der Waals surface area (Å²) in [6, 6.07) is 5.00. The van der Waals surface area contributed by atoms with Gasteiger partial charge in [-0.15, -0.1) is 0 Å². The summed E-state index contributed by atoms with van der Waals surface area (Å²) in [5.74, 6) is -2.29. The minimum absolute atomic E-state index is 0.00235. The van der Waals surface area contributed by atoms with Gasteiger partial charge in [-0.3, -0.25) is 29.1 Å². The van der Waals surface area contributed by atoms with E-state index in [-0.39, 0.29) is 54.5 Å². The summed E-state index contributed by atoms with van der Waals surface area (Å²) in [6.07, 6.45) is 4.67. The van der Waals surface area contributed by atoms with Crippen LogP contribution in [0.4, 0.5) is 0 Å². The van der Waals surface area contributed by atoms with Gasteiger partial charge in [0, 0.05) is 40.6 Å². The SMILES string of the molecule is C=C/C=C(\C=C)[C@H](OC(=O)c1ccc(C(C)=NC)cc1)[C@@H](C)NC(=O)[C@H](C)[C@@H](OC)[C@@H]1CCCN1C(=O)C[C@@H](OC)[C@H]([C@@H](C)CC)N(C)C(=O)CNC(=O)[C@H](C(C)C)N(C)C. The number of hydrogen-bond acceptors (Lipinski definition) is 10. The van der Waals surface area contributed by atoms with Gasteiger partial charge in [-0.25, -0.2) is 4.79 Å². The molecule has 2 rings (SSSR count). The van der Waals surface area contributed by atoms with Crippen molar-refractivity contribution in [3.8, 4) is 0 Å². The molecule has 0 bridgehead atoms. The molecule has 0 aromatic heterocycles. The van der Waals surface area contributed by atoms with Gasteiger partial charge in [-0.1, -0.05) is 84.6 Å². The number of esters is 1. The molecule has 2 N–H and O–H groups in total. The lowest BCUT2D eigenvalue weighted by Crippen LogP contribution is -2.55. The Morgan fingerprint density at radius 2 is 1.59 bits per heavy atom. The number of benzene rings is 1. The molecule has 0 radical (unpaired) electrons. The summed E-state index contributed by atoms with van der Waals surface area (Å²) in [4.78, 5) is 77.6. The number of allylic oxidation sites excluding steroid dienone is 2. The Labute approximate surface area is 365 Å². The molecule has 9 atom stereocenters. The first kappa shape index (κ1) is 52.5. The molecule has 0 unspecified atom stereocenters. The highest BCUT2D eigenvalue weighted by Gasteiger charge is 2.42. The number of ether oxygens (including phenoxy) is 3. The molecule has 1 aliphatic heterocycles. The Morgan fingerprint density at radius 1 is 0.967 bits per heavy atom. The third-order valence-electron chi connectivity index (χ3n) is 12.0. The fraction of sp³-hybridized carbons (Fsp3) is 0.617. The molecule has 1 fully saturated rings. The molecule has 4 amide bonds. The van der Waals surface area contributed by atoms with Crippen molar-refractivity contribution >= 4 is 35.3 Å². The maximum absolute atomic E-state index is 14.2. The van der Waals surface area contributed by atoms with Gasteiger partial charge < -0.3 is 34.6 Å². The van der Waals surface area contributed by atoms with Gasteiger partial charge >= 0.3 is 5.97 Å². The Kier molecular flexibility index (Phi) is 21.8. The van der Waals surface area contributed by atoms with Crippen molar-refractivity contribution in [2.24, 2.45) is 22.7 Å². The zero-order chi connectivity index (χ0) is 46.1. The van der Waals surface area contributed by atoms with E-state index in [0.717, 1.165) is 17.7 Å². The highest BCUT2D eigenvalue weighted by atomic mass is 16.5. The molecule has 1 heterocycles. The normalized spacial score (nSPS) is 18.6. The van der Waals surface area contributed by atoms with E-state index in [1.54, 1.807) is 80.2 Å². The van der Waals surface area contributed by atoms with E-state index < -0.39 is 48.3 Å². The van der Waals surface area contributed by atoms with Gasteiger partial charge in [0.05, 0.1) is 60.8 Å². The van der Waals surface area contributed by atoms with Crippen molar-refractivity contribution in [3.05, 3.63) is 72.4 Å². The Balaban J connectivity index is 2.26. The number of aliphatic imine (C=N–C) groups is 1. The Bertz CT molecular complexity index is 1700. The summed E-state index contributed by atoms with van der Waals surface area (Å²) in [5, 5.41) is 5.84. The average molecular weight is 851 g/mol. The standard InChI is InChI=1S/C47H74N6O8/c1-16-20-34(18-3)44(61-47(58)36-24-22-35(23-25-36)32(8)48-10)33(9)50-45(56)31(7)43(60-15)37-21-19-26-53(37)39(54)27-38(59-14)42(30(6)17-2)52(13)40(55)28-49-46(57)41(29(4)5)51(11)12/h16,18,20,22-25,29-31,33,37-38,41-44H,1,3,17,19,21,26-28H2,2,4-15H3,(H,49,57)(H,50,56)/b34-20+,48-32?/t30-,31+,33+,37-,38+,41-,42-,43+,44+/m0/s1. The topological polar surface area (TPSA) is 159 Å². The summed E-state index contributed by atoms with van der Waals surface area (Å²) >= 11 is 0. The number of rotatable bonds is 24. The third kappa shape index (κ3) is 14.2. The number of carbonyl (C=O) groups is 5. The summed E-state index contributed by atoms with van der Waals surface area (Å²) < 4.78 is 18.0. The maximum atomic E-state index is 14.2. The number of nitrogens with zero attached hydrogens (tertiary/aromatic N) is 4. The second kappa shape index (κ2) is 25.3. The molecule has 61 heavy (non-hydrogen) atoms. The maximum Gasteiger partial charge on any atom is 0.338 e. The highest BCUT2D eigenvalue weighted by molar-refractivity contribution is 5.99. The monoisotopic (exact) mass is 851 g/mol. The Hall–Kier alpha value is -4.66. The van der Waals surface area contributed by atoms with Crippen LogP contribution in [0.25, 0.3) is 0 Å². The first-order chi connectivity index (χ1) is 28.8. The molecular weight excluding hydrogens is 777 g/mol. The van der Waals surface area contributed by atoms with Crippen LogP contribution in [0.2, 0.25) is 0 Å². The van der Waals surface area contributed by atoms with Crippen LogP contribution >= 0.6 is 0 Å². The van der Waals surface area contributed by atoms with Crippen molar-refractivity contribution in [1.82, 2.24) is 25.3 Å². The summed E-state index contributed by atoms with van der Waals surface area (Å²) in [6.45, 7) is 21.3. The van der Waals surface area contributed by atoms with Crippen molar-refractivity contribution < 1.29 is 38.2 Å². The van der Waals surface area contributed by atoms with Gasteiger partial charge in [0.25, 0.3) is 0 Å². The van der Waals surface area contributed by atoms with Gasteiger partial charge in [0.2, 0.25) is 23.6 Å². The van der Waals surface area contributed by atoms with Crippen LogP contribution in [-0.2, 0) is 33.4 Å². The molecule has 0 spiro atoms. The quantitative estimate of drug-likeness (QED) is 0.0823. The molecule has 1 aromatic rings. The lowest BCUT2D eigenvalue weighted by Gasteiger charge is -2.39. The van der Waals surface area contributed by atoms with E-state index in [0.29, 0.717) is 30.5 Å². The number of methoxy groups -OCH3 is 2. The van der Waals surface area contributed by atoms with E-state index in [2.05, 4.69) is 28.8 Å². The number of likely N-dealkylation sites (N-methyl/N-ethyl adjacent to an activating group) is 2. The zero-order valence-electron chi connectivity index (χ0n) is 39.0. The fourth-order valence-electron chi connectivity index (χ4n) is 8.32. The first-order valence-corrected chi connectivity index (χ1v) is 21.4. The van der Waals surface area contributed by atoms with E-state index in [4.69, 9.17) is 14.2 Å². The fourth-order valence-corrected chi connectivity index (χ4v) is 8.32. The first-order valence-electron chi connectivity index (χ1n) is 21.4. The van der Waals surface area contributed by atoms with E-state index in [1.807, 2.05) is 53.6 Å². The smallest absolute Gasteiger partial charge is 0.338 e. The number of carbonyl (C=O) groups excluding carboxylic acids is 5. The minimum atomic E-state index is -0.899. The van der Waals surface area contributed by atoms with Crippen LogP contribution < -0.4 is 10.6 Å². The van der Waals surface area contributed by atoms with Crippen molar-refractivity contribution in [3.63, 3.8) is 0 Å². The largest absolute Gasteiger partial charge is 0.452 e. The van der Waals surface area contributed by atoms with E-state index in [1.165, 1.54) is 14.2 Å². The van der Waals surface area contributed by atoms with Gasteiger partial charge in [0.1, 0.15) is 6.10 Å². The van der Waals surface area contributed by atoms with Crippen LogP contribution in [0.3, 0.4) is 0 Å². The number of likely N-dealkylation sites (tertiary alicyclic amines) is 1. The molecule has 0 saturated carbocycles. The second-order valence-electron chi connectivity index (χ2n) is 16.6. The minimum Gasteiger partial charge on any atom is -0.452 e. The highest BCUT2D eigenvalue weighted by Crippen LogP contribution is 2.30. The number of nitrogens with one attached hydrogen (secondary N) is 2.